The van der Waals surface area contributed by atoms with Crippen LogP contribution in [-0.2, 0) is 14.3 Å². The normalized spacial score (nSPS) is 18.1. The fraction of sp³-hybridized carbons (Fsp3) is 0.400. The molecule has 1 aromatic heterocycles. The molecule has 0 spiro atoms. The maximum atomic E-state index is 5.60. The van der Waals surface area contributed by atoms with Crippen molar-refractivity contribution in [2.45, 2.75) is 32.5 Å². The molecule has 3 rings (SSSR count). The van der Waals surface area contributed by atoms with Crippen molar-refractivity contribution in [3.63, 3.8) is 0 Å². The molecule has 0 aliphatic carbocycles. The van der Waals surface area contributed by atoms with Crippen LogP contribution in [-0.4, -0.2) is 36.8 Å². The molecule has 0 N–H and O–H groups in total. The Balaban J connectivity index is 1.45. The third-order valence-corrected chi connectivity index (χ3v) is 4.06. The molecular weight excluding hydrogens is 316 g/mol. The van der Waals surface area contributed by atoms with E-state index in [1.165, 1.54) is 0 Å². The monoisotopic (exact) mass is 340 g/mol. The highest BCUT2D eigenvalue weighted by Crippen LogP contribution is 2.18. The SMILES string of the molecule is CC(=NOCCOC1CCCCO1)c1ccc(-c2ccccc2)cn1. The van der Waals surface area contributed by atoms with Crippen LogP contribution in [0.15, 0.2) is 53.8 Å². The summed E-state index contributed by atoms with van der Waals surface area (Å²) in [5.74, 6) is 0. The minimum atomic E-state index is -0.0883. The Morgan fingerprint density at radius 2 is 2.00 bits per heavy atom. The summed E-state index contributed by atoms with van der Waals surface area (Å²) in [5, 5.41) is 4.11. The summed E-state index contributed by atoms with van der Waals surface area (Å²) in [6.07, 6.45) is 5.01. The lowest BCUT2D eigenvalue weighted by Crippen LogP contribution is -2.23. The van der Waals surface area contributed by atoms with Crippen molar-refractivity contribution in [2.24, 2.45) is 5.16 Å². The van der Waals surface area contributed by atoms with Gasteiger partial charge in [-0.25, -0.2) is 0 Å². The predicted molar refractivity (Wildman–Crippen MR) is 97.4 cm³/mol. The van der Waals surface area contributed by atoms with E-state index in [0.717, 1.165) is 48.4 Å². The second-order valence-corrected chi connectivity index (χ2v) is 5.97. The van der Waals surface area contributed by atoms with E-state index in [9.17, 15) is 0 Å². The van der Waals surface area contributed by atoms with Crippen molar-refractivity contribution < 1.29 is 14.3 Å². The smallest absolute Gasteiger partial charge is 0.157 e. The summed E-state index contributed by atoms with van der Waals surface area (Å²) in [6, 6.07) is 14.2. The Morgan fingerprint density at radius 3 is 2.72 bits per heavy atom. The second-order valence-electron chi connectivity index (χ2n) is 5.97. The average Bonchev–Trinajstić information content (AvgIpc) is 2.69. The molecule has 5 heteroatoms. The van der Waals surface area contributed by atoms with Gasteiger partial charge in [0, 0.05) is 18.4 Å². The van der Waals surface area contributed by atoms with E-state index in [1.807, 2.05) is 43.5 Å². The predicted octanol–water partition coefficient (Wildman–Crippen LogP) is 4.03. The summed E-state index contributed by atoms with van der Waals surface area (Å²) in [5.41, 5.74) is 3.78. The van der Waals surface area contributed by atoms with Crippen LogP contribution in [0.4, 0.5) is 0 Å². The first kappa shape index (κ1) is 17.6. The number of oxime groups is 1. The lowest BCUT2D eigenvalue weighted by atomic mass is 10.1. The van der Waals surface area contributed by atoms with Gasteiger partial charge >= 0.3 is 0 Å². The molecule has 2 aromatic rings. The average molecular weight is 340 g/mol. The van der Waals surface area contributed by atoms with E-state index >= 15 is 0 Å². The van der Waals surface area contributed by atoms with Crippen LogP contribution in [0.3, 0.4) is 0 Å². The van der Waals surface area contributed by atoms with Gasteiger partial charge in [-0.15, -0.1) is 0 Å². The van der Waals surface area contributed by atoms with Crippen LogP contribution >= 0.6 is 0 Å². The standard InChI is InChI=1S/C20H24N2O3/c1-16(22-25-14-13-24-20-9-5-6-12-23-20)19-11-10-18(15-21-19)17-7-3-2-4-8-17/h2-4,7-8,10-11,15,20H,5-6,9,12-14H2,1H3. The lowest BCUT2D eigenvalue weighted by molar-refractivity contribution is -0.169. The summed E-state index contributed by atoms with van der Waals surface area (Å²) in [7, 11) is 0. The van der Waals surface area contributed by atoms with Crippen molar-refractivity contribution in [3.05, 3.63) is 54.4 Å². The first-order chi connectivity index (χ1) is 12.3. The number of hydrogen-bond acceptors (Lipinski definition) is 5. The molecule has 25 heavy (non-hydrogen) atoms. The van der Waals surface area contributed by atoms with Crippen molar-refractivity contribution in [2.75, 3.05) is 19.8 Å². The summed E-state index contributed by atoms with van der Waals surface area (Å²) < 4.78 is 11.1. The Kier molecular flexibility index (Phi) is 6.54. The number of nitrogens with zero attached hydrogens (tertiary/aromatic N) is 2. The van der Waals surface area contributed by atoms with Gasteiger partial charge in [0.15, 0.2) is 6.29 Å². The van der Waals surface area contributed by atoms with Crippen LogP contribution in [0, 0.1) is 0 Å². The highest BCUT2D eigenvalue weighted by Gasteiger charge is 2.13. The third kappa shape index (κ3) is 5.37. The van der Waals surface area contributed by atoms with Gasteiger partial charge in [-0.3, -0.25) is 4.98 Å². The maximum Gasteiger partial charge on any atom is 0.157 e. The van der Waals surface area contributed by atoms with E-state index in [-0.39, 0.29) is 6.29 Å². The van der Waals surface area contributed by atoms with Gasteiger partial charge in [0.05, 0.1) is 12.3 Å². The zero-order chi connectivity index (χ0) is 17.3. The van der Waals surface area contributed by atoms with Gasteiger partial charge in [0.1, 0.15) is 12.3 Å². The van der Waals surface area contributed by atoms with Crippen LogP contribution in [0.1, 0.15) is 31.9 Å². The van der Waals surface area contributed by atoms with Gasteiger partial charge < -0.3 is 14.3 Å². The third-order valence-electron chi connectivity index (χ3n) is 4.06. The number of aromatic nitrogens is 1. The molecule has 1 atom stereocenters. The Bertz CT molecular complexity index is 665. The highest BCUT2D eigenvalue weighted by molar-refractivity contribution is 5.96. The van der Waals surface area contributed by atoms with Crippen LogP contribution in [0.2, 0.25) is 0 Å². The topological polar surface area (TPSA) is 52.9 Å². The largest absolute Gasteiger partial charge is 0.393 e. The van der Waals surface area contributed by atoms with Crippen LogP contribution < -0.4 is 0 Å². The molecule has 0 amide bonds. The molecule has 0 bridgehead atoms. The molecule has 5 nitrogen and oxygen atoms in total. The fourth-order valence-corrected chi connectivity index (χ4v) is 2.66. The van der Waals surface area contributed by atoms with Crippen LogP contribution in [0.25, 0.3) is 11.1 Å². The molecule has 1 fully saturated rings. The maximum absolute atomic E-state index is 5.60. The van der Waals surface area contributed by atoms with E-state index in [1.54, 1.807) is 0 Å². The Labute approximate surface area is 148 Å². The minimum absolute atomic E-state index is 0.0883. The number of hydrogen-bond donors (Lipinski definition) is 0. The summed E-state index contributed by atoms with van der Waals surface area (Å²) >= 11 is 0. The molecule has 0 radical (unpaired) electrons. The van der Waals surface area contributed by atoms with Gasteiger partial charge in [0.25, 0.3) is 0 Å². The highest BCUT2D eigenvalue weighted by atomic mass is 16.7. The zero-order valence-electron chi connectivity index (χ0n) is 14.6. The fourth-order valence-electron chi connectivity index (χ4n) is 2.66. The molecular formula is C20H24N2O3. The van der Waals surface area contributed by atoms with Crippen molar-refractivity contribution in [1.29, 1.82) is 0 Å². The number of ether oxygens (including phenoxy) is 2. The molecule has 2 heterocycles. The Morgan fingerprint density at radius 1 is 1.12 bits per heavy atom. The molecule has 1 unspecified atom stereocenters. The number of pyridine rings is 1. The number of rotatable bonds is 7. The second kappa shape index (κ2) is 9.30. The zero-order valence-corrected chi connectivity index (χ0v) is 14.6. The quantitative estimate of drug-likeness (QED) is 0.434. The first-order valence-corrected chi connectivity index (χ1v) is 8.74. The van der Waals surface area contributed by atoms with E-state index < -0.39 is 0 Å². The van der Waals surface area contributed by atoms with Crippen molar-refractivity contribution in [1.82, 2.24) is 4.98 Å². The van der Waals surface area contributed by atoms with E-state index in [2.05, 4.69) is 22.3 Å². The molecule has 132 valence electrons. The lowest BCUT2D eigenvalue weighted by Gasteiger charge is -2.22. The molecule has 0 saturated carbocycles. The van der Waals surface area contributed by atoms with Gasteiger partial charge in [-0.05, 0) is 37.8 Å². The first-order valence-electron chi connectivity index (χ1n) is 8.74. The van der Waals surface area contributed by atoms with Crippen molar-refractivity contribution >= 4 is 5.71 Å². The minimum Gasteiger partial charge on any atom is -0.393 e. The van der Waals surface area contributed by atoms with Gasteiger partial charge in [-0.2, -0.15) is 0 Å². The molecule has 1 aliphatic heterocycles. The molecule has 1 aromatic carbocycles. The number of benzene rings is 1. The summed E-state index contributed by atoms with van der Waals surface area (Å²) in [6.45, 7) is 3.55. The van der Waals surface area contributed by atoms with Crippen LogP contribution in [0.5, 0.6) is 0 Å². The van der Waals surface area contributed by atoms with Gasteiger partial charge in [-0.1, -0.05) is 41.6 Å². The summed E-state index contributed by atoms with van der Waals surface area (Å²) in [4.78, 5) is 9.79. The Hall–Kier alpha value is -2.24. The van der Waals surface area contributed by atoms with E-state index in [4.69, 9.17) is 14.3 Å². The molecule has 1 aliphatic rings. The molecule has 1 saturated heterocycles. The van der Waals surface area contributed by atoms with E-state index in [0.29, 0.717) is 13.2 Å². The van der Waals surface area contributed by atoms with Gasteiger partial charge in [0.2, 0.25) is 0 Å². The van der Waals surface area contributed by atoms with Crippen molar-refractivity contribution in [3.8, 4) is 11.1 Å².